The molecular weight excluding hydrogens is 391 g/mol. The number of carbonyl (C=O) groups excluding carboxylic acids is 1. The van der Waals surface area contributed by atoms with Gasteiger partial charge in [-0.05, 0) is 37.7 Å². The molecule has 1 amide bonds. The minimum absolute atomic E-state index is 0.0626. The van der Waals surface area contributed by atoms with Crippen LogP contribution in [0.15, 0.2) is 30.5 Å². The molecule has 9 heteroatoms. The summed E-state index contributed by atoms with van der Waals surface area (Å²) in [6, 6.07) is 7.66. The lowest BCUT2D eigenvalue weighted by atomic mass is 10.3. The third-order valence-electron chi connectivity index (χ3n) is 5.38. The van der Waals surface area contributed by atoms with Gasteiger partial charge in [0.15, 0.2) is 0 Å². The van der Waals surface area contributed by atoms with Crippen molar-refractivity contribution in [2.45, 2.75) is 12.6 Å². The molecule has 0 bridgehead atoms. The number of fused-ring (bicyclic) bond motifs is 1. The van der Waals surface area contributed by atoms with Crippen LogP contribution in [0.5, 0.6) is 0 Å². The maximum atomic E-state index is 13.4. The van der Waals surface area contributed by atoms with Crippen molar-refractivity contribution < 1.29 is 9.18 Å². The lowest BCUT2D eigenvalue weighted by molar-refractivity contribution is -0.120. The summed E-state index contributed by atoms with van der Waals surface area (Å²) in [7, 11) is 1.94. The lowest BCUT2D eigenvalue weighted by Crippen LogP contribution is -2.49. The molecule has 3 aromatic rings. The number of piperazine rings is 1. The summed E-state index contributed by atoms with van der Waals surface area (Å²) in [5, 5.41) is 0.832. The number of halogens is 1. The van der Waals surface area contributed by atoms with Gasteiger partial charge in [-0.25, -0.2) is 19.3 Å². The number of nitrogens with zero attached hydrogens (tertiary/aromatic N) is 6. The minimum Gasteiger partial charge on any atom is -0.354 e. The number of pyridine rings is 2. The Balaban J connectivity index is 1.39. The monoisotopic (exact) mass is 412 g/mol. The average Bonchev–Trinajstić information content (AvgIpc) is 3.34. The van der Waals surface area contributed by atoms with Gasteiger partial charge in [0.2, 0.25) is 5.91 Å². The Kier molecular flexibility index (Phi) is 4.63. The molecule has 0 N–H and O–H groups in total. The number of amides is 1. The van der Waals surface area contributed by atoms with E-state index in [-0.39, 0.29) is 5.91 Å². The van der Waals surface area contributed by atoms with E-state index < -0.39 is 6.17 Å². The minimum atomic E-state index is -0.770. The molecule has 2 aliphatic rings. The van der Waals surface area contributed by atoms with E-state index >= 15 is 0 Å². The molecule has 5 rings (SSSR count). The van der Waals surface area contributed by atoms with Crippen molar-refractivity contribution in [2.24, 2.45) is 0 Å². The number of carbonyl (C=O) groups is 1. The highest BCUT2D eigenvalue weighted by molar-refractivity contribution is 7.21. The van der Waals surface area contributed by atoms with Crippen molar-refractivity contribution in [1.29, 1.82) is 0 Å². The zero-order chi connectivity index (χ0) is 20.0. The van der Waals surface area contributed by atoms with E-state index in [9.17, 15) is 9.18 Å². The summed E-state index contributed by atoms with van der Waals surface area (Å²) < 4.78 is 13.4. The van der Waals surface area contributed by atoms with Gasteiger partial charge >= 0.3 is 0 Å². The first-order valence-corrected chi connectivity index (χ1v) is 10.5. The van der Waals surface area contributed by atoms with E-state index in [4.69, 9.17) is 0 Å². The van der Waals surface area contributed by atoms with Crippen LogP contribution in [-0.4, -0.2) is 71.7 Å². The molecule has 150 valence electrons. The second kappa shape index (κ2) is 7.31. The number of aromatic nitrogens is 3. The molecule has 2 aliphatic heterocycles. The van der Waals surface area contributed by atoms with Crippen LogP contribution in [0.3, 0.4) is 0 Å². The molecule has 0 spiro atoms. The van der Waals surface area contributed by atoms with E-state index in [0.717, 1.165) is 33.3 Å². The number of likely N-dealkylation sites (N-methyl/N-ethyl adjacent to an activating group) is 1. The Hall–Kier alpha value is -2.65. The van der Waals surface area contributed by atoms with Crippen LogP contribution in [0.1, 0.15) is 6.42 Å². The van der Waals surface area contributed by atoms with E-state index in [1.165, 1.54) is 11.3 Å². The highest BCUT2D eigenvalue weighted by Crippen LogP contribution is 2.31. The normalized spacial score (nSPS) is 20.8. The second-order valence-corrected chi connectivity index (χ2v) is 8.51. The van der Waals surface area contributed by atoms with E-state index in [1.807, 2.05) is 41.1 Å². The Morgan fingerprint density at radius 2 is 1.97 bits per heavy atom. The zero-order valence-corrected chi connectivity index (χ0v) is 16.9. The Morgan fingerprint density at radius 1 is 1.10 bits per heavy atom. The lowest BCUT2D eigenvalue weighted by Gasteiger charge is -2.31. The molecule has 0 saturated carbocycles. The topological polar surface area (TPSA) is 65.5 Å². The number of rotatable bonds is 3. The number of thiazole rings is 1. The maximum Gasteiger partial charge on any atom is 0.242 e. The number of alkyl halides is 1. The fraction of sp³-hybridized carbons (Fsp3) is 0.400. The molecule has 2 saturated heterocycles. The third kappa shape index (κ3) is 3.56. The van der Waals surface area contributed by atoms with Gasteiger partial charge in [-0.1, -0.05) is 11.3 Å². The molecule has 29 heavy (non-hydrogen) atoms. The fourth-order valence-electron chi connectivity index (χ4n) is 3.74. The third-order valence-corrected chi connectivity index (χ3v) is 6.39. The summed E-state index contributed by atoms with van der Waals surface area (Å²) in [5.74, 6) is 1.53. The highest BCUT2D eigenvalue weighted by Gasteiger charge is 2.25. The van der Waals surface area contributed by atoms with Crippen LogP contribution < -0.4 is 9.80 Å². The fourth-order valence-corrected chi connectivity index (χ4v) is 4.66. The van der Waals surface area contributed by atoms with Crippen molar-refractivity contribution in [1.82, 2.24) is 19.9 Å². The summed E-state index contributed by atoms with van der Waals surface area (Å²) in [6.45, 7) is 2.99. The van der Waals surface area contributed by atoms with Crippen molar-refractivity contribution in [3.05, 3.63) is 30.5 Å². The molecular formula is C20H21FN6OS. The number of hydrogen-bond acceptors (Lipinski definition) is 7. The molecule has 0 unspecified atom stereocenters. The summed E-state index contributed by atoms with van der Waals surface area (Å²) in [4.78, 5) is 32.7. The van der Waals surface area contributed by atoms with Gasteiger partial charge < -0.3 is 4.90 Å². The first-order valence-electron chi connectivity index (χ1n) is 9.69. The molecule has 1 atom stereocenters. The number of hydrogen-bond donors (Lipinski definition) is 0. The van der Waals surface area contributed by atoms with E-state index in [2.05, 4.69) is 15.0 Å². The van der Waals surface area contributed by atoms with Gasteiger partial charge in [-0.15, -0.1) is 0 Å². The second-order valence-electron chi connectivity index (χ2n) is 7.53. The van der Waals surface area contributed by atoms with Crippen molar-refractivity contribution >= 4 is 39.2 Å². The molecule has 0 aromatic carbocycles. The number of anilines is 2. The SMILES string of the molecule is CN1CCN(c2ccc3nc(-c4ccc(N5CC[C@@H](F)C5)nc4)sc3n2)C(=O)C1. The van der Waals surface area contributed by atoms with Crippen LogP contribution in [0.4, 0.5) is 16.0 Å². The quantitative estimate of drug-likeness (QED) is 0.659. The largest absolute Gasteiger partial charge is 0.354 e. The average molecular weight is 412 g/mol. The predicted molar refractivity (Wildman–Crippen MR) is 112 cm³/mol. The van der Waals surface area contributed by atoms with Gasteiger partial charge in [0.1, 0.15) is 33.2 Å². The van der Waals surface area contributed by atoms with Crippen LogP contribution >= 0.6 is 11.3 Å². The van der Waals surface area contributed by atoms with Crippen LogP contribution in [0.2, 0.25) is 0 Å². The Morgan fingerprint density at radius 3 is 2.69 bits per heavy atom. The zero-order valence-electron chi connectivity index (χ0n) is 16.1. The van der Waals surface area contributed by atoms with E-state index in [0.29, 0.717) is 38.4 Å². The maximum absolute atomic E-state index is 13.4. The van der Waals surface area contributed by atoms with Gasteiger partial charge in [-0.2, -0.15) is 0 Å². The molecule has 7 nitrogen and oxygen atoms in total. The van der Waals surface area contributed by atoms with Crippen molar-refractivity contribution in [3.8, 4) is 10.6 Å². The van der Waals surface area contributed by atoms with Crippen LogP contribution in [0.25, 0.3) is 20.9 Å². The van der Waals surface area contributed by atoms with Gasteiger partial charge in [-0.3, -0.25) is 14.6 Å². The summed E-state index contributed by atoms with van der Waals surface area (Å²) in [6.07, 6.45) is 1.57. The van der Waals surface area contributed by atoms with Crippen molar-refractivity contribution in [2.75, 3.05) is 49.6 Å². The standard InChI is InChI=1S/C20H21FN6OS/c1-25-8-9-27(18(28)12-25)17-5-3-15-20(24-17)29-19(23-15)13-2-4-16(22-10-13)26-7-6-14(21)11-26/h2-5,10,14H,6-9,11-12H2,1H3/t14-/m1/s1. The molecule has 3 aromatic heterocycles. The van der Waals surface area contributed by atoms with Gasteiger partial charge in [0.25, 0.3) is 0 Å². The van der Waals surface area contributed by atoms with Crippen molar-refractivity contribution in [3.63, 3.8) is 0 Å². The summed E-state index contributed by atoms with van der Waals surface area (Å²) >= 11 is 1.48. The van der Waals surface area contributed by atoms with Crippen LogP contribution in [0, 0.1) is 0 Å². The van der Waals surface area contributed by atoms with Gasteiger partial charge in [0, 0.05) is 31.4 Å². The molecule has 0 aliphatic carbocycles. The molecule has 2 fully saturated rings. The predicted octanol–water partition coefficient (Wildman–Crippen LogP) is 2.58. The van der Waals surface area contributed by atoms with E-state index in [1.54, 1.807) is 11.1 Å². The van der Waals surface area contributed by atoms with Gasteiger partial charge in [0.05, 0.1) is 13.1 Å². The Bertz CT molecular complexity index is 1050. The Labute approximate surface area is 171 Å². The highest BCUT2D eigenvalue weighted by atomic mass is 32.1. The summed E-state index contributed by atoms with van der Waals surface area (Å²) in [5.41, 5.74) is 1.71. The first kappa shape index (κ1) is 18.4. The van der Waals surface area contributed by atoms with Crippen LogP contribution in [-0.2, 0) is 4.79 Å². The molecule has 5 heterocycles. The first-order chi connectivity index (χ1) is 14.1. The molecule has 0 radical (unpaired) electrons. The smallest absolute Gasteiger partial charge is 0.242 e.